The van der Waals surface area contributed by atoms with Gasteiger partial charge in [-0.3, -0.25) is 4.79 Å². The fourth-order valence-corrected chi connectivity index (χ4v) is 3.39. The van der Waals surface area contributed by atoms with Crippen molar-refractivity contribution < 1.29 is 14.7 Å². The molecule has 114 valence electrons. The molecule has 2 rings (SSSR count). The van der Waals surface area contributed by atoms with E-state index < -0.39 is 11.6 Å². The first-order chi connectivity index (χ1) is 9.33. The summed E-state index contributed by atoms with van der Waals surface area (Å²) in [5.41, 5.74) is 5.23. The van der Waals surface area contributed by atoms with Gasteiger partial charge < -0.3 is 21.0 Å². The Labute approximate surface area is 119 Å². The highest BCUT2D eigenvalue weighted by atomic mass is 16.6. The highest BCUT2D eigenvalue weighted by Crippen LogP contribution is 2.39. The number of hydrogen-bond donors (Lipinski definition) is 3. The molecule has 0 amide bonds. The number of carbonyl (C=O) groups excluding carboxylic acids is 1. The molecule has 2 aliphatic rings. The number of nitrogens with two attached hydrogens (primary N) is 1. The van der Waals surface area contributed by atoms with Crippen LogP contribution < -0.4 is 11.1 Å². The molecule has 20 heavy (non-hydrogen) atoms. The van der Waals surface area contributed by atoms with Crippen molar-refractivity contribution in [3.05, 3.63) is 0 Å². The van der Waals surface area contributed by atoms with Crippen LogP contribution in [0.3, 0.4) is 0 Å². The zero-order valence-electron chi connectivity index (χ0n) is 12.4. The van der Waals surface area contributed by atoms with Crippen LogP contribution >= 0.6 is 0 Å². The second-order valence-corrected chi connectivity index (χ2v) is 6.78. The number of amidine groups is 1. The first-order valence-corrected chi connectivity index (χ1v) is 7.30. The van der Waals surface area contributed by atoms with Crippen molar-refractivity contribution in [2.24, 2.45) is 22.7 Å². The average molecular weight is 283 g/mol. The number of ether oxygens (including phenoxy) is 1. The first-order valence-electron chi connectivity index (χ1n) is 7.30. The van der Waals surface area contributed by atoms with Crippen LogP contribution in [0, 0.1) is 11.8 Å². The minimum atomic E-state index is -0.528. The van der Waals surface area contributed by atoms with Gasteiger partial charge in [0.25, 0.3) is 0 Å². The second-order valence-electron chi connectivity index (χ2n) is 6.78. The molecule has 6 nitrogen and oxygen atoms in total. The van der Waals surface area contributed by atoms with E-state index in [-0.39, 0.29) is 29.7 Å². The van der Waals surface area contributed by atoms with Crippen LogP contribution in [0.2, 0.25) is 0 Å². The Kier molecular flexibility index (Phi) is 4.22. The van der Waals surface area contributed by atoms with Gasteiger partial charge in [0.05, 0.1) is 12.0 Å². The van der Waals surface area contributed by atoms with Crippen LogP contribution in [0.5, 0.6) is 0 Å². The van der Waals surface area contributed by atoms with Crippen molar-refractivity contribution in [2.75, 3.05) is 0 Å². The lowest BCUT2D eigenvalue weighted by Gasteiger charge is -2.30. The number of nitrogens with one attached hydrogen (secondary N) is 1. The Morgan fingerprint density at radius 2 is 2.00 bits per heavy atom. The van der Waals surface area contributed by atoms with Crippen molar-refractivity contribution in [3.63, 3.8) is 0 Å². The molecule has 0 spiro atoms. The maximum Gasteiger partial charge on any atom is 0.311 e. The molecule has 1 heterocycles. The van der Waals surface area contributed by atoms with Gasteiger partial charge in [-0.1, -0.05) is 18.0 Å². The third kappa shape index (κ3) is 3.06. The van der Waals surface area contributed by atoms with E-state index in [1.807, 2.05) is 20.8 Å². The highest BCUT2D eigenvalue weighted by molar-refractivity contribution is 5.91. The zero-order valence-corrected chi connectivity index (χ0v) is 12.4. The van der Waals surface area contributed by atoms with Crippen LogP contribution in [-0.2, 0) is 9.53 Å². The third-order valence-corrected chi connectivity index (χ3v) is 4.15. The van der Waals surface area contributed by atoms with E-state index in [2.05, 4.69) is 10.5 Å². The molecule has 2 fully saturated rings. The van der Waals surface area contributed by atoms with Gasteiger partial charge >= 0.3 is 5.97 Å². The van der Waals surface area contributed by atoms with Gasteiger partial charge in [0.1, 0.15) is 5.60 Å². The average Bonchev–Trinajstić information content (AvgIpc) is 2.75. The van der Waals surface area contributed by atoms with Gasteiger partial charge in [-0.25, -0.2) is 0 Å². The van der Waals surface area contributed by atoms with Crippen LogP contribution in [0.1, 0.15) is 46.5 Å². The zero-order chi connectivity index (χ0) is 14.9. The lowest BCUT2D eigenvalue weighted by molar-refractivity contribution is -0.161. The lowest BCUT2D eigenvalue weighted by atomic mass is 9.78. The van der Waals surface area contributed by atoms with E-state index in [4.69, 9.17) is 15.7 Å². The van der Waals surface area contributed by atoms with Crippen LogP contribution in [0.15, 0.2) is 5.16 Å². The van der Waals surface area contributed by atoms with Gasteiger partial charge in [-0.05, 0) is 39.5 Å². The summed E-state index contributed by atoms with van der Waals surface area (Å²) in [5.74, 6) is -0.342. The monoisotopic (exact) mass is 283 g/mol. The Bertz CT molecular complexity index is 403. The number of hydrogen-bond acceptors (Lipinski definition) is 5. The summed E-state index contributed by atoms with van der Waals surface area (Å²) in [5, 5.41) is 15.4. The fourth-order valence-electron chi connectivity index (χ4n) is 3.39. The molecule has 0 aromatic heterocycles. The van der Waals surface area contributed by atoms with E-state index in [1.165, 1.54) is 0 Å². The normalized spacial score (nSPS) is 34.6. The summed E-state index contributed by atoms with van der Waals surface area (Å²) in [6.07, 6.45) is 4.28. The van der Waals surface area contributed by atoms with E-state index >= 15 is 0 Å². The molecule has 0 aromatic carbocycles. The van der Waals surface area contributed by atoms with Crippen molar-refractivity contribution in [2.45, 2.75) is 64.1 Å². The summed E-state index contributed by atoms with van der Waals surface area (Å²) < 4.78 is 5.52. The Morgan fingerprint density at radius 1 is 1.35 bits per heavy atom. The van der Waals surface area contributed by atoms with Gasteiger partial charge in [0.2, 0.25) is 0 Å². The molecule has 0 radical (unpaired) electrons. The Hall–Kier alpha value is -1.30. The molecular formula is C14H25N3O3. The summed E-state index contributed by atoms with van der Waals surface area (Å²) in [4.78, 5) is 12.5. The number of esters is 1. The summed E-state index contributed by atoms with van der Waals surface area (Å²) in [7, 11) is 0. The molecule has 0 bridgehead atoms. The third-order valence-electron chi connectivity index (χ3n) is 4.15. The first kappa shape index (κ1) is 15.1. The van der Waals surface area contributed by atoms with E-state index in [0.29, 0.717) is 0 Å². The fraction of sp³-hybridized carbons (Fsp3) is 0.857. The number of oxime groups is 1. The largest absolute Gasteiger partial charge is 0.460 e. The van der Waals surface area contributed by atoms with Crippen LogP contribution in [0.25, 0.3) is 0 Å². The van der Waals surface area contributed by atoms with Gasteiger partial charge in [-0.2, -0.15) is 0 Å². The minimum Gasteiger partial charge on any atom is -0.460 e. The van der Waals surface area contributed by atoms with Crippen molar-refractivity contribution in [1.29, 1.82) is 0 Å². The molecular weight excluding hydrogens is 258 g/mol. The van der Waals surface area contributed by atoms with Crippen molar-refractivity contribution in [1.82, 2.24) is 5.32 Å². The topological polar surface area (TPSA) is 96.9 Å². The smallest absolute Gasteiger partial charge is 0.311 e. The minimum absolute atomic E-state index is 0.0651. The van der Waals surface area contributed by atoms with Crippen LogP contribution in [0.4, 0.5) is 0 Å². The standard InChI is InChI=1S/C14H25N3O3/c1-14(2,3)20-13(18)10-8-6-4-5-7-9(8)16-11(10)12(15)17-19/h8-11,16,19H,4-7H2,1-3H3,(H2,15,17)/t8-,9+,10?,11+/m1/s1. The van der Waals surface area contributed by atoms with E-state index in [1.54, 1.807) is 0 Å². The predicted molar refractivity (Wildman–Crippen MR) is 75.4 cm³/mol. The lowest BCUT2D eigenvalue weighted by Crippen LogP contribution is -2.46. The van der Waals surface area contributed by atoms with E-state index in [9.17, 15) is 4.79 Å². The number of rotatable bonds is 2. The van der Waals surface area contributed by atoms with Gasteiger partial charge in [0.15, 0.2) is 5.84 Å². The number of carbonyl (C=O) groups is 1. The van der Waals surface area contributed by atoms with Gasteiger partial charge in [0, 0.05) is 6.04 Å². The molecule has 1 unspecified atom stereocenters. The number of fused-ring (bicyclic) bond motifs is 1. The molecule has 1 aliphatic carbocycles. The van der Waals surface area contributed by atoms with E-state index in [0.717, 1.165) is 25.7 Å². The Balaban J connectivity index is 2.21. The molecule has 1 saturated carbocycles. The summed E-state index contributed by atoms with van der Waals surface area (Å²) >= 11 is 0. The molecule has 4 N–H and O–H groups in total. The molecule has 4 atom stereocenters. The summed E-state index contributed by atoms with van der Waals surface area (Å²) in [6.45, 7) is 5.55. The highest BCUT2D eigenvalue weighted by Gasteiger charge is 2.50. The molecule has 1 saturated heterocycles. The quantitative estimate of drug-likeness (QED) is 0.233. The second kappa shape index (κ2) is 5.60. The predicted octanol–water partition coefficient (Wildman–Crippen LogP) is 1.22. The molecule has 0 aromatic rings. The van der Waals surface area contributed by atoms with Crippen molar-refractivity contribution >= 4 is 11.8 Å². The van der Waals surface area contributed by atoms with Crippen LogP contribution in [-0.4, -0.2) is 34.7 Å². The number of nitrogens with zero attached hydrogens (tertiary/aromatic N) is 1. The maximum atomic E-state index is 12.5. The molecule has 6 heteroatoms. The SMILES string of the molecule is CC(C)(C)OC(=O)C1[C@@H](C(N)=NO)N[C@H]2CCCC[C@@H]12. The summed E-state index contributed by atoms with van der Waals surface area (Å²) in [6, 6.07) is -0.172. The van der Waals surface area contributed by atoms with Crippen molar-refractivity contribution in [3.8, 4) is 0 Å². The molecule has 1 aliphatic heterocycles. The maximum absolute atomic E-state index is 12.5. The Morgan fingerprint density at radius 3 is 2.60 bits per heavy atom. The van der Waals surface area contributed by atoms with Gasteiger partial charge in [-0.15, -0.1) is 0 Å².